The van der Waals surface area contributed by atoms with Gasteiger partial charge in [-0.25, -0.2) is 4.79 Å². The Hall–Kier alpha value is -1.91. The van der Waals surface area contributed by atoms with E-state index in [1.165, 1.54) is 26.0 Å². The molecule has 0 amide bonds. The van der Waals surface area contributed by atoms with Gasteiger partial charge in [0.25, 0.3) is 0 Å². The van der Waals surface area contributed by atoms with Gasteiger partial charge in [-0.3, -0.25) is 0 Å². The van der Waals surface area contributed by atoms with Crippen LogP contribution in [0.3, 0.4) is 0 Å². The maximum atomic E-state index is 10.7. The van der Waals surface area contributed by atoms with Gasteiger partial charge in [-0.15, -0.1) is 0 Å². The van der Waals surface area contributed by atoms with Crippen molar-refractivity contribution in [3.8, 4) is 17.2 Å². The Kier molecular flexibility index (Phi) is 2.74. The minimum Gasteiger partial charge on any atom is -0.504 e. The summed E-state index contributed by atoms with van der Waals surface area (Å²) < 4.78 is 5.13. The quantitative estimate of drug-likeness (QED) is 0.658. The number of aliphatic carboxylic acids is 1. The van der Waals surface area contributed by atoms with Crippen molar-refractivity contribution in [1.82, 2.24) is 0 Å². The molecule has 0 unspecified atom stereocenters. The molecule has 0 saturated heterocycles. The first-order chi connectivity index (χ1) is 6.83. The molecular weight excluding hydrogens is 200 g/mol. The van der Waals surface area contributed by atoms with Gasteiger partial charge >= 0.3 is 5.97 Å². The third-order valence-electron chi connectivity index (χ3n) is 1.83. The van der Waals surface area contributed by atoms with Crippen LogP contribution in [0.15, 0.2) is 18.2 Å². The first-order valence-corrected chi connectivity index (χ1v) is 4.27. The molecule has 0 saturated carbocycles. The van der Waals surface area contributed by atoms with E-state index in [0.717, 1.165) is 6.07 Å². The van der Waals surface area contributed by atoms with Crippen LogP contribution in [0.5, 0.6) is 17.2 Å². The molecular formula is C10H12O5. The van der Waals surface area contributed by atoms with E-state index in [1.54, 1.807) is 0 Å². The molecule has 0 radical (unpaired) electrons. The van der Waals surface area contributed by atoms with Crippen LogP contribution in [0.25, 0.3) is 0 Å². The van der Waals surface area contributed by atoms with Crippen LogP contribution < -0.4 is 4.74 Å². The SMILES string of the molecule is CC(C)(Oc1ccc(O)c(O)c1)C(=O)O. The Labute approximate surface area is 86.5 Å². The summed E-state index contributed by atoms with van der Waals surface area (Å²) in [6.07, 6.45) is 0. The van der Waals surface area contributed by atoms with Crippen LogP contribution in [-0.4, -0.2) is 26.9 Å². The van der Waals surface area contributed by atoms with Gasteiger partial charge in [0.1, 0.15) is 5.75 Å². The molecule has 1 aromatic rings. The van der Waals surface area contributed by atoms with Crippen molar-refractivity contribution in [3.05, 3.63) is 18.2 Å². The molecule has 5 heteroatoms. The number of rotatable bonds is 3. The van der Waals surface area contributed by atoms with Gasteiger partial charge in [-0.05, 0) is 26.0 Å². The van der Waals surface area contributed by atoms with Crippen molar-refractivity contribution in [2.24, 2.45) is 0 Å². The lowest BCUT2D eigenvalue weighted by molar-refractivity contribution is -0.152. The molecule has 0 aromatic heterocycles. The second-order valence-electron chi connectivity index (χ2n) is 3.57. The molecule has 82 valence electrons. The number of hydrogen-bond donors (Lipinski definition) is 3. The lowest BCUT2D eigenvalue weighted by Crippen LogP contribution is -2.37. The standard InChI is InChI=1S/C10H12O5/c1-10(2,9(13)14)15-6-3-4-7(11)8(12)5-6/h3-5,11-12H,1-2H3,(H,13,14). The zero-order valence-corrected chi connectivity index (χ0v) is 8.39. The number of hydrogen-bond acceptors (Lipinski definition) is 4. The second kappa shape index (κ2) is 3.68. The van der Waals surface area contributed by atoms with E-state index in [4.69, 9.17) is 20.1 Å². The van der Waals surface area contributed by atoms with E-state index < -0.39 is 11.6 Å². The monoisotopic (exact) mass is 212 g/mol. The molecule has 15 heavy (non-hydrogen) atoms. The number of phenolic OH excluding ortho intramolecular Hbond substituents is 2. The zero-order valence-electron chi connectivity index (χ0n) is 8.39. The second-order valence-corrected chi connectivity index (χ2v) is 3.57. The minimum absolute atomic E-state index is 0.178. The Morgan fingerprint density at radius 1 is 1.27 bits per heavy atom. The van der Waals surface area contributed by atoms with E-state index in [9.17, 15) is 4.79 Å². The summed E-state index contributed by atoms with van der Waals surface area (Å²) in [7, 11) is 0. The average Bonchev–Trinajstić information content (AvgIpc) is 2.10. The normalized spacial score (nSPS) is 11.1. The van der Waals surface area contributed by atoms with Crippen molar-refractivity contribution in [2.75, 3.05) is 0 Å². The minimum atomic E-state index is -1.39. The van der Waals surface area contributed by atoms with Crippen LogP contribution in [0.1, 0.15) is 13.8 Å². The van der Waals surface area contributed by atoms with Crippen molar-refractivity contribution < 1.29 is 24.9 Å². The Morgan fingerprint density at radius 2 is 1.87 bits per heavy atom. The summed E-state index contributed by atoms with van der Waals surface area (Å²) in [6.45, 7) is 2.78. The molecule has 0 aliphatic carbocycles. The topological polar surface area (TPSA) is 87.0 Å². The van der Waals surface area contributed by atoms with Crippen molar-refractivity contribution in [2.45, 2.75) is 19.4 Å². The Balaban J connectivity index is 2.91. The van der Waals surface area contributed by atoms with E-state index >= 15 is 0 Å². The summed E-state index contributed by atoms with van der Waals surface area (Å²) in [5, 5.41) is 27.0. The predicted octanol–water partition coefficient (Wildman–Crippen LogP) is 1.34. The number of phenols is 2. The Bertz CT molecular complexity index is 383. The number of aromatic hydroxyl groups is 2. The first kappa shape index (κ1) is 11.2. The van der Waals surface area contributed by atoms with E-state index in [1.807, 2.05) is 0 Å². The van der Waals surface area contributed by atoms with Gasteiger partial charge in [0.05, 0.1) is 0 Å². The van der Waals surface area contributed by atoms with Crippen LogP contribution in [0.2, 0.25) is 0 Å². The van der Waals surface area contributed by atoms with Crippen LogP contribution in [0.4, 0.5) is 0 Å². The molecule has 0 aliphatic rings. The molecule has 3 N–H and O–H groups in total. The highest BCUT2D eigenvalue weighted by Gasteiger charge is 2.29. The summed E-state index contributed by atoms with van der Waals surface area (Å²) in [4.78, 5) is 10.7. The van der Waals surface area contributed by atoms with Crippen LogP contribution in [-0.2, 0) is 4.79 Å². The van der Waals surface area contributed by atoms with E-state index in [2.05, 4.69) is 0 Å². The van der Waals surface area contributed by atoms with Crippen molar-refractivity contribution in [1.29, 1.82) is 0 Å². The fraction of sp³-hybridized carbons (Fsp3) is 0.300. The van der Waals surface area contributed by atoms with Gasteiger partial charge in [-0.1, -0.05) is 0 Å². The van der Waals surface area contributed by atoms with Gasteiger partial charge in [0, 0.05) is 6.07 Å². The fourth-order valence-electron chi connectivity index (χ4n) is 0.905. The number of benzene rings is 1. The maximum Gasteiger partial charge on any atom is 0.347 e. The fourth-order valence-corrected chi connectivity index (χ4v) is 0.905. The number of carboxylic acids is 1. The van der Waals surface area contributed by atoms with E-state index in [-0.39, 0.29) is 17.2 Å². The summed E-state index contributed by atoms with van der Waals surface area (Å²) in [5.74, 6) is -1.57. The molecule has 0 bridgehead atoms. The highest BCUT2D eigenvalue weighted by atomic mass is 16.5. The molecule has 0 atom stereocenters. The third kappa shape index (κ3) is 2.52. The highest BCUT2D eigenvalue weighted by molar-refractivity contribution is 5.76. The first-order valence-electron chi connectivity index (χ1n) is 4.27. The van der Waals surface area contributed by atoms with Crippen LogP contribution >= 0.6 is 0 Å². The van der Waals surface area contributed by atoms with Gasteiger partial charge in [-0.2, -0.15) is 0 Å². The Morgan fingerprint density at radius 3 is 2.33 bits per heavy atom. The molecule has 5 nitrogen and oxygen atoms in total. The molecule has 1 aromatic carbocycles. The van der Waals surface area contributed by atoms with Crippen LogP contribution in [0, 0.1) is 0 Å². The number of carbonyl (C=O) groups is 1. The van der Waals surface area contributed by atoms with Crippen molar-refractivity contribution in [3.63, 3.8) is 0 Å². The number of carboxylic acid groups (broad SMARTS) is 1. The smallest absolute Gasteiger partial charge is 0.347 e. The lowest BCUT2D eigenvalue weighted by Gasteiger charge is -2.21. The average molecular weight is 212 g/mol. The summed E-state index contributed by atoms with van der Waals surface area (Å²) >= 11 is 0. The van der Waals surface area contributed by atoms with Crippen molar-refractivity contribution >= 4 is 5.97 Å². The van der Waals surface area contributed by atoms with E-state index in [0.29, 0.717) is 0 Å². The number of ether oxygens (including phenoxy) is 1. The summed E-state index contributed by atoms with van der Waals surface area (Å²) in [5.41, 5.74) is -1.39. The highest BCUT2D eigenvalue weighted by Crippen LogP contribution is 2.30. The molecule has 0 fully saturated rings. The van der Waals surface area contributed by atoms with Gasteiger partial charge in [0.2, 0.25) is 0 Å². The molecule has 1 rings (SSSR count). The third-order valence-corrected chi connectivity index (χ3v) is 1.83. The van der Waals surface area contributed by atoms with Gasteiger partial charge in [0.15, 0.2) is 17.1 Å². The largest absolute Gasteiger partial charge is 0.504 e. The maximum absolute atomic E-state index is 10.7. The molecule has 0 spiro atoms. The zero-order chi connectivity index (χ0) is 11.6. The molecule has 0 aliphatic heterocycles. The lowest BCUT2D eigenvalue weighted by atomic mass is 10.1. The molecule has 0 heterocycles. The predicted molar refractivity (Wildman–Crippen MR) is 52.1 cm³/mol. The van der Waals surface area contributed by atoms with Gasteiger partial charge < -0.3 is 20.1 Å². The summed E-state index contributed by atoms with van der Waals surface area (Å²) in [6, 6.07) is 3.75.